The van der Waals surface area contributed by atoms with Crippen LogP contribution in [0, 0.1) is 0 Å². The molecule has 0 aromatic heterocycles. The highest BCUT2D eigenvalue weighted by atomic mass is 16.6. The van der Waals surface area contributed by atoms with Crippen LogP contribution in [0.4, 0.5) is 0 Å². The lowest BCUT2D eigenvalue weighted by atomic mass is 10.0. The van der Waals surface area contributed by atoms with Gasteiger partial charge in [0.1, 0.15) is 6.10 Å². The van der Waals surface area contributed by atoms with E-state index in [9.17, 15) is 9.90 Å². The second-order valence-electron chi connectivity index (χ2n) is 14.1. The molecule has 0 aliphatic carbocycles. The van der Waals surface area contributed by atoms with Crippen molar-refractivity contribution in [1.82, 2.24) is 0 Å². The largest absolute Gasteiger partial charge is 0.457 e. The molecular formula is C42H82O4. The third kappa shape index (κ3) is 37.6. The summed E-state index contributed by atoms with van der Waals surface area (Å²) in [5, 5.41) is 9.58. The zero-order valence-electron chi connectivity index (χ0n) is 31.4. The Kier molecular flexibility index (Phi) is 39.5. The number of esters is 1. The number of carbonyl (C=O) groups excluding carboxylic acids is 1. The van der Waals surface area contributed by atoms with E-state index >= 15 is 0 Å². The fourth-order valence-corrected chi connectivity index (χ4v) is 6.21. The number of hydrogen-bond acceptors (Lipinski definition) is 4. The van der Waals surface area contributed by atoms with Crippen molar-refractivity contribution < 1.29 is 19.4 Å². The molecule has 0 radical (unpaired) electrons. The third-order valence-electron chi connectivity index (χ3n) is 9.34. The molecule has 46 heavy (non-hydrogen) atoms. The second-order valence-corrected chi connectivity index (χ2v) is 14.1. The van der Waals surface area contributed by atoms with Gasteiger partial charge in [0.05, 0.1) is 13.2 Å². The van der Waals surface area contributed by atoms with E-state index in [-0.39, 0.29) is 12.6 Å². The van der Waals surface area contributed by atoms with Crippen LogP contribution >= 0.6 is 0 Å². The van der Waals surface area contributed by atoms with Crippen LogP contribution in [0.5, 0.6) is 0 Å². The number of rotatable bonds is 39. The summed E-state index contributed by atoms with van der Waals surface area (Å²) in [5.74, 6) is -0.205. The predicted octanol–water partition coefficient (Wildman–Crippen LogP) is 13.4. The van der Waals surface area contributed by atoms with Crippen molar-refractivity contribution >= 4 is 5.97 Å². The number of unbranched alkanes of at least 4 members (excludes halogenated alkanes) is 29. The Balaban J connectivity index is 3.38. The first-order valence-electron chi connectivity index (χ1n) is 20.8. The first kappa shape index (κ1) is 45.1. The maximum atomic E-state index is 12.2. The maximum Gasteiger partial charge on any atom is 0.306 e. The molecule has 4 nitrogen and oxygen atoms in total. The molecule has 0 heterocycles. The number of aliphatic hydroxyl groups is 1. The molecule has 0 rings (SSSR count). The smallest absolute Gasteiger partial charge is 0.306 e. The summed E-state index contributed by atoms with van der Waals surface area (Å²) < 4.78 is 11.1. The lowest BCUT2D eigenvalue weighted by Crippen LogP contribution is -2.27. The molecule has 0 aliphatic heterocycles. The summed E-state index contributed by atoms with van der Waals surface area (Å²) in [4.78, 5) is 12.2. The van der Waals surface area contributed by atoms with Gasteiger partial charge in [-0.3, -0.25) is 4.79 Å². The van der Waals surface area contributed by atoms with E-state index in [0.717, 1.165) is 19.3 Å². The molecule has 0 spiro atoms. The van der Waals surface area contributed by atoms with Crippen molar-refractivity contribution in [2.24, 2.45) is 0 Å². The SMILES string of the molecule is CCCCCCCC/C=C\CCCCCCCC(=O)OC(CO)COCCCCCCCCCCCCCCCCCCCCC. The van der Waals surface area contributed by atoms with Crippen LogP contribution in [0.3, 0.4) is 0 Å². The van der Waals surface area contributed by atoms with Crippen LogP contribution in [0.25, 0.3) is 0 Å². The van der Waals surface area contributed by atoms with Crippen molar-refractivity contribution in [2.45, 2.75) is 232 Å². The van der Waals surface area contributed by atoms with Crippen molar-refractivity contribution in [3.8, 4) is 0 Å². The van der Waals surface area contributed by atoms with E-state index in [4.69, 9.17) is 9.47 Å². The summed E-state index contributed by atoms with van der Waals surface area (Å²) in [6.07, 6.45) is 46.9. The molecule has 0 aromatic rings. The number of ether oxygens (including phenoxy) is 2. The number of carbonyl (C=O) groups is 1. The van der Waals surface area contributed by atoms with Gasteiger partial charge >= 0.3 is 5.97 Å². The number of allylic oxidation sites excluding steroid dienone is 2. The van der Waals surface area contributed by atoms with Gasteiger partial charge < -0.3 is 14.6 Å². The van der Waals surface area contributed by atoms with Gasteiger partial charge in [0.2, 0.25) is 0 Å². The van der Waals surface area contributed by atoms with E-state index in [1.54, 1.807) is 0 Å². The standard InChI is InChI=1S/C42H82O4/c1-3-5-7-9-11-13-15-17-19-20-21-22-24-26-28-30-32-34-36-38-45-40-41(39-43)46-42(44)37-35-33-31-29-27-25-23-18-16-14-12-10-8-6-4-2/h18,23,41,43H,3-17,19-22,24-40H2,1-2H3/b23-18-. The Hall–Kier alpha value is -0.870. The Morgan fingerprint density at radius 2 is 0.848 bits per heavy atom. The highest BCUT2D eigenvalue weighted by Gasteiger charge is 2.13. The molecular weight excluding hydrogens is 568 g/mol. The summed E-state index contributed by atoms with van der Waals surface area (Å²) in [6, 6.07) is 0. The molecule has 1 unspecified atom stereocenters. The molecule has 0 saturated heterocycles. The van der Waals surface area contributed by atoms with Crippen LogP contribution in [-0.2, 0) is 14.3 Å². The number of hydrogen-bond donors (Lipinski definition) is 1. The Morgan fingerprint density at radius 3 is 1.24 bits per heavy atom. The Labute approximate surface area is 288 Å². The molecule has 1 atom stereocenters. The normalized spacial score (nSPS) is 12.3. The lowest BCUT2D eigenvalue weighted by Gasteiger charge is -2.15. The Bertz CT molecular complexity index is 604. The van der Waals surface area contributed by atoms with Gasteiger partial charge in [0.15, 0.2) is 0 Å². The summed E-state index contributed by atoms with van der Waals surface area (Å²) in [6.45, 7) is 5.37. The molecule has 274 valence electrons. The van der Waals surface area contributed by atoms with Gasteiger partial charge in [-0.2, -0.15) is 0 Å². The van der Waals surface area contributed by atoms with Crippen LogP contribution in [0.2, 0.25) is 0 Å². The minimum Gasteiger partial charge on any atom is -0.457 e. The highest BCUT2D eigenvalue weighted by molar-refractivity contribution is 5.69. The molecule has 0 fully saturated rings. The first-order valence-corrected chi connectivity index (χ1v) is 20.8. The molecule has 0 bridgehead atoms. The van der Waals surface area contributed by atoms with E-state index in [1.807, 2.05) is 0 Å². The number of aliphatic hydroxyl groups excluding tert-OH is 1. The van der Waals surface area contributed by atoms with Crippen LogP contribution in [0.15, 0.2) is 12.2 Å². The summed E-state index contributed by atoms with van der Waals surface area (Å²) in [7, 11) is 0. The monoisotopic (exact) mass is 651 g/mol. The topological polar surface area (TPSA) is 55.8 Å². The lowest BCUT2D eigenvalue weighted by molar-refractivity contribution is -0.154. The van der Waals surface area contributed by atoms with E-state index < -0.39 is 6.10 Å². The van der Waals surface area contributed by atoms with Gasteiger partial charge in [-0.1, -0.05) is 193 Å². The van der Waals surface area contributed by atoms with E-state index in [2.05, 4.69) is 26.0 Å². The quantitative estimate of drug-likeness (QED) is 0.0408. The fraction of sp³-hybridized carbons (Fsp3) is 0.929. The van der Waals surface area contributed by atoms with Gasteiger partial charge in [-0.05, 0) is 38.5 Å². The fourth-order valence-electron chi connectivity index (χ4n) is 6.21. The van der Waals surface area contributed by atoms with Crippen LogP contribution in [0.1, 0.15) is 226 Å². The van der Waals surface area contributed by atoms with Gasteiger partial charge in [-0.25, -0.2) is 0 Å². The predicted molar refractivity (Wildman–Crippen MR) is 201 cm³/mol. The van der Waals surface area contributed by atoms with Gasteiger partial charge in [0, 0.05) is 13.0 Å². The molecule has 0 saturated carbocycles. The van der Waals surface area contributed by atoms with Crippen LogP contribution in [-0.4, -0.2) is 37.0 Å². The van der Waals surface area contributed by atoms with Crippen LogP contribution < -0.4 is 0 Å². The highest BCUT2D eigenvalue weighted by Crippen LogP contribution is 2.15. The molecule has 0 amide bonds. The first-order chi connectivity index (χ1) is 22.7. The summed E-state index contributed by atoms with van der Waals surface area (Å²) in [5.41, 5.74) is 0. The average Bonchev–Trinajstić information content (AvgIpc) is 3.06. The average molecular weight is 651 g/mol. The van der Waals surface area contributed by atoms with Crippen molar-refractivity contribution in [3.63, 3.8) is 0 Å². The minimum absolute atomic E-state index is 0.169. The van der Waals surface area contributed by atoms with Crippen molar-refractivity contribution in [3.05, 3.63) is 12.2 Å². The summed E-state index contributed by atoms with van der Waals surface area (Å²) >= 11 is 0. The molecule has 0 aromatic carbocycles. The zero-order valence-corrected chi connectivity index (χ0v) is 31.4. The third-order valence-corrected chi connectivity index (χ3v) is 9.34. The second kappa shape index (κ2) is 40.3. The van der Waals surface area contributed by atoms with E-state index in [0.29, 0.717) is 19.6 Å². The van der Waals surface area contributed by atoms with Gasteiger partial charge in [-0.15, -0.1) is 0 Å². The van der Waals surface area contributed by atoms with Gasteiger partial charge in [0.25, 0.3) is 0 Å². The molecule has 0 aliphatic rings. The molecule has 4 heteroatoms. The zero-order chi connectivity index (χ0) is 33.4. The van der Waals surface area contributed by atoms with E-state index in [1.165, 1.54) is 186 Å². The Morgan fingerprint density at radius 1 is 0.500 bits per heavy atom. The molecule has 1 N–H and O–H groups in total. The minimum atomic E-state index is -0.532. The maximum absolute atomic E-state index is 12.2. The van der Waals surface area contributed by atoms with Crippen molar-refractivity contribution in [1.29, 1.82) is 0 Å². The van der Waals surface area contributed by atoms with Crippen molar-refractivity contribution in [2.75, 3.05) is 19.8 Å².